The summed E-state index contributed by atoms with van der Waals surface area (Å²) in [6.07, 6.45) is 5.81. The van der Waals surface area contributed by atoms with E-state index in [-0.39, 0.29) is 11.7 Å². The molecule has 0 bridgehead atoms. The lowest BCUT2D eigenvalue weighted by molar-refractivity contribution is 0.0725. The summed E-state index contributed by atoms with van der Waals surface area (Å²) in [5, 5.41) is 3.57. The summed E-state index contributed by atoms with van der Waals surface area (Å²) in [5.74, 6) is 0.884. The fraction of sp³-hybridized carbons (Fsp3) is 0.385. The molecule has 3 rings (SSSR count). The van der Waals surface area contributed by atoms with Crippen molar-refractivity contribution in [1.82, 2.24) is 20.0 Å². The van der Waals surface area contributed by atoms with Crippen LogP contribution >= 0.6 is 0 Å². The largest absolute Gasteiger partial charge is 0.351 e. The Morgan fingerprint density at radius 2 is 1.95 bits per heavy atom. The smallest absolute Gasteiger partial charge is 0.292 e. The Bertz CT molecular complexity index is 557. The second-order valence-electron chi connectivity index (χ2n) is 4.56. The fourth-order valence-electron chi connectivity index (χ4n) is 2.26. The molecular formula is C13H15N5O2. The summed E-state index contributed by atoms with van der Waals surface area (Å²) in [4.78, 5) is 24.6. The second-order valence-corrected chi connectivity index (χ2v) is 4.56. The summed E-state index contributed by atoms with van der Waals surface area (Å²) in [7, 11) is 0. The van der Waals surface area contributed by atoms with Crippen molar-refractivity contribution in [1.29, 1.82) is 0 Å². The van der Waals surface area contributed by atoms with E-state index in [0.29, 0.717) is 25.6 Å². The average Bonchev–Trinajstić information content (AvgIpc) is 2.92. The predicted molar refractivity (Wildman–Crippen MR) is 71.3 cm³/mol. The van der Waals surface area contributed by atoms with Gasteiger partial charge in [0.1, 0.15) is 0 Å². The van der Waals surface area contributed by atoms with Gasteiger partial charge in [0.25, 0.3) is 5.91 Å². The molecule has 7 heteroatoms. The highest BCUT2D eigenvalue weighted by Gasteiger charge is 2.23. The Balaban J connectivity index is 1.67. The van der Waals surface area contributed by atoms with Crippen molar-refractivity contribution in [3.05, 3.63) is 36.5 Å². The standard InChI is InChI=1S/C13H15N5O2/c19-12(11-3-6-16-20-11)17-7-2-8-18(10-9-17)13-14-4-1-5-15-13/h1,3-6H,2,7-10H2. The Morgan fingerprint density at radius 1 is 1.10 bits per heavy atom. The van der Waals surface area contributed by atoms with Gasteiger partial charge in [-0.05, 0) is 12.5 Å². The van der Waals surface area contributed by atoms with Crippen molar-refractivity contribution in [2.24, 2.45) is 0 Å². The SMILES string of the molecule is O=C(c1ccno1)N1CCCN(c2ncccn2)CC1. The lowest BCUT2D eigenvalue weighted by Gasteiger charge is -2.21. The zero-order valence-corrected chi connectivity index (χ0v) is 11.0. The first-order valence-corrected chi connectivity index (χ1v) is 6.56. The molecule has 1 aliphatic rings. The first-order chi connectivity index (χ1) is 9.84. The van der Waals surface area contributed by atoms with E-state index in [4.69, 9.17) is 4.52 Å². The zero-order valence-electron chi connectivity index (χ0n) is 11.0. The van der Waals surface area contributed by atoms with E-state index in [9.17, 15) is 4.79 Å². The fourth-order valence-corrected chi connectivity index (χ4v) is 2.26. The first kappa shape index (κ1) is 12.6. The van der Waals surface area contributed by atoms with E-state index in [1.165, 1.54) is 6.20 Å². The van der Waals surface area contributed by atoms with Crippen molar-refractivity contribution in [3.8, 4) is 0 Å². The molecule has 20 heavy (non-hydrogen) atoms. The first-order valence-electron chi connectivity index (χ1n) is 6.56. The van der Waals surface area contributed by atoms with Gasteiger partial charge < -0.3 is 14.3 Å². The van der Waals surface area contributed by atoms with Gasteiger partial charge in [-0.1, -0.05) is 5.16 Å². The minimum Gasteiger partial charge on any atom is -0.351 e. The van der Waals surface area contributed by atoms with E-state index in [2.05, 4.69) is 20.0 Å². The van der Waals surface area contributed by atoms with Crippen LogP contribution in [0.5, 0.6) is 0 Å². The van der Waals surface area contributed by atoms with Gasteiger partial charge in [0, 0.05) is 44.6 Å². The number of hydrogen-bond acceptors (Lipinski definition) is 6. The second kappa shape index (κ2) is 5.68. The van der Waals surface area contributed by atoms with Crippen LogP contribution < -0.4 is 4.90 Å². The summed E-state index contributed by atoms with van der Waals surface area (Å²) in [6.45, 7) is 2.87. The minimum atomic E-state index is -0.113. The van der Waals surface area contributed by atoms with Gasteiger partial charge in [0.15, 0.2) is 0 Å². The third-order valence-electron chi connectivity index (χ3n) is 3.27. The molecule has 0 N–H and O–H groups in total. The highest BCUT2D eigenvalue weighted by atomic mass is 16.5. The molecule has 1 amide bonds. The van der Waals surface area contributed by atoms with Crippen molar-refractivity contribution >= 4 is 11.9 Å². The van der Waals surface area contributed by atoms with Crippen molar-refractivity contribution in [3.63, 3.8) is 0 Å². The van der Waals surface area contributed by atoms with Gasteiger partial charge in [-0.25, -0.2) is 9.97 Å². The third-order valence-corrected chi connectivity index (χ3v) is 3.27. The monoisotopic (exact) mass is 273 g/mol. The third kappa shape index (κ3) is 2.61. The molecule has 0 aromatic carbocycles. The van der Waals surface area contributed by atoms with Gasteiger partial charge >= 0.3 is 0 Å². The molecule has 104 valence electrons. The van der Waals surface area contributed by atoms with E-state index < -0.39 is 0 Å². The minimum absolute atomic E-state index is 0.113. The number of hydrogen-bond donors (Lipinski definition) is 0. The Morgan fingerprint density at radius 3 is 2.70 bits per heavy atom. The molecule has 2 aromatic heterocycles. The van der Waals surface area contributed by atoms with Crippen LogP contribution in [-0.2, 0) is 0 Å². The van der Waals surface area contributed by atoms with Crippen molar-refractivity contribution in [2.75, 3.05) is 31.1 Å². The number of carbonyl (C=O) groups is 1. The van der Waals surface area contributed by atoms with E-state index >= 15 is 0 Å². The summed E-state index contributed by atoms with van der Waals surface area (Å²) < 4.78 is 4.92. The molecule has 1 fully saturated rings. The zero-order chi connectivity index (χ0) is 13.8. The maximum Gasteiger partial charge on any atom is 0.292 e. The summed E-state index contributed by atoms with van der Waals surface area (Å²) in [5.41, 5.74) is 0. The number of rotatable bonds is 2. The lowest BCUT2D eigenvalue weighted by atomic mass is 10.3. The van der Waals surface area contributed by atoms with Crippen LogP contribution in [0.2, 0.25) is 0 Å². The maximum absolute atomic E-state index is 12.2. The molecule has 3 heterocycles. The average molecular weight is 273 g/mol. The molecule has 1 aliphatic heterocycles. The Labute approximate surface area is 116 Å². The van der Waals surface area contributed by atoms with Gasteiger partial charge in [0.05, 0.1) is 6.20 Å². The predicted octanol–water partition coefficient (Wildman–Crippen LogP) is 0.817. The normalized spacial score (nSPS) is 16.0. The van der Waals surface area contributed by atoms with Crippen molar-refractivity contribution in [2.45, 2.75) is 6.42 Å². The summed E-state index contributed by atoms with van der Waals surface area (Å²) in [6, 6.07) is 3.38. The molecule has 2 aromatic rings. The van der Waals surface area contributed by atoms with Crippen LogP contribution in [-0.4, -0.2) is 52.1 Å². The van der Waals surface area contributed by atoms with E-state index in [0.717, 1.165) is 13.0 Å². The Kier molecular flexibility index (Phi) is 3.58. The van der Waals surface area contributed by atoms with Crippen LogP contribution in [0.3, 0.4) is 0 Å². The molecule has 0 aliphatic carbocycles. The van der Waals surface area contributed by atoms with E-state index in [1.54, 1.807) is 29.4 Å². The van der Waals surface area contributed by atoms with Crippen molar-refractivity contribution < 1.29 is 9.32 Å². The number of anilines is 1. The lowest BCUT2D eigenvalue weighted by Crippen LogP contribution is -2.35. The molecule has 0 spiro atoms. The molecular weight excluding hydrogens is 258 g/mol. The number of amides is 1. The summed E-state index contributed by atoms with van der Waals surface area (Å²) >= 11 is 0. The van der Waals surface area contributed by atoms with Crippen LogP contribution in [0.1, 0.15) is 17.0 Å². The molecule has 0 saturated carbocycles. The molecule has 1 saturated heterocycles. The maximum atomic E-state index is 12.2. The highest BCUT2D eigenvalue weighted by molar-refractivity contribution is 5.91. The van der Waals surface area contributed by atoms with Crippen LogP contribution in [0, 0.1) is 0 Å². The van der Waals surface area contributed by atoms with Crippen LogP contribution in [0.15, 0.2) is 35.2 Å². The van der Waals surface area contributed by atoms with Gasteiger partial charge in [-0.2, -0.15) is 0 Å². The number of nitrogens with zero attached hydrogens (tertiary/aromatic N) is 5. The molecule has 7 nitrogen and oxygen atoms in total. The van der Waals surface area contributed by atoms with Crippen LogP contribution in [0.25, 0.3) is 0 Å². The molecule has 0 radical (unpaired) electrons. The number of carbonyl (C=O) groups excluding carboxylic acids is 1. The van der Waals surface area contributed by atoms with Gasteiger partial charge in [-0.3, -0.25) is 4.79 Å². The Hall–Kier alpha value is -2.44. The van der Waals surface area contributed by atoms with Gasteiger partial charge in [-0.15, -0.1) is 0 Å². The number of aromatic nitrogens is 3. The highest BCUT2D eigenvalue weighted by Crippen LogP contribution is 2.12. The van der Waals surface area contributed by atoms with Crippen LogP contribution in [0.4, 0.5) is 5.95 Å². The van der Waals surface area contributed by atoms with E-state index in [1.807, 2.05) is 0 Å². The topological polar surface area (TPSA) is 75.4 Å². The molecule has 0 atom stereocenters. The molecule has 0 unspecified atom stereocenters. The van der Waals surface area contributed by atoms with Gasteiger partial charge in [0.2, 0.25) is 11.7 Å². The quantitative estimate of drug-likeness (QED) is 0.806.